The topological polar surface area (TPSA) is 21.9 Å². The van der Waals surface area contributed by atoms with Gasteiger partial charge in [-0.25, -0.2) is 0 Å². The fourth-order valence-corrected chi connectivity index (χ4v) is 0.997. The first kappa shape index (κ1) is 3.53. The lowest BCUT2D eigenvalue weighted by molar-refractivity contribution is 0.372. The first-order valence-electron chi connectivity index (χ1n) is 2.93. The van der Waals surface area contributed by atoms with Crippen LogP contribution in [0.3, 0.4) is 0 Å². The molecule has 2 aliphatic rings. The summed E-state index contributed by atoms with van der Waals surface area (Å²) in [5, 5.41) is 3.13. The van der Waals surface area contributed by atoms with E-state index in [2.05, 4.69) is 11.5 Å². The summed E-state index contributed by atoms with van der Waals surface area (Å²) < 4.78 is 0. The van der Waals surface area contributed by atoms with Crippen LogP contribution < -0.4 is 5.32 Å². The number of nitrogens with one attached hydrogen (secondary N) is 1. The summed E-state index contributed by atoms with van der Waals surface area (Å²) in [6.45, 7) is 0. The molecule has 38 valence electrons. The maximum Gasteiger partial charge on any atom is 0.0341 e. The van der Waals surface area contributed by atoms with E-state index in [9.17, 15) is 0 Å². The molecule has 1 heterocycles. The van der Waals surface area contributed by atoms with Gasteiger partial charge >= 0.3 is 0 Å². The molecule has 1 nitrogen and oxygen atoms in total. The standard InChI is InChI=1S/C6H9N/c1-2-5(3-1)6-4-7-6/h4-5,7H,1-3H2. The quantitative estimate of drug-likeness (QED) is 0.520. The largest absolute Gasteiger partial charge is 0.362 e. The van der Waals surface area contributed by atoms with Gasteiger partial charge in [0.25, 0.3) is 0 Å². The van der Waals surface area contributed by atoms with Crippen molar-refractivity contribution >= 4 is 0 Å². The molecule has 1 fully saturated rings. The van der Waals surface area contributed by atoms with E-state index in [0.29, 0.717) is 0 Å². The summed E-state index contributed by atoms with van der Waals surface area (Å²) in [4.78, 5) is 0. The Bertz CT molecular complexity index is 111. The van der Waals surface area contributed by atoms with Gasteiger partial charge in [0, 0.05) is 17.8 Å². The van der Waals surface area contributed by atoms with E-state index in [1.54, 1.807) is 0 Å². The molecule has 0 aromatic carbocycles. The van der Waals surface area contributed by atoms with Crippen molar-refractivity contribution in [2.45, 2.75) is 19.3 Å². The zero-order valence-electron chi connectivity index (χ0n) is 4.28. The maximum atomic E-state index is 3.13. The third kappa shape index (κ3) is 0.441. The fourth-order valence-electron chi connectivity index (χ4n) is 0.997. The summed E-state index contributed by atoms with van der Waals surface area (Å²) in [6.07, 6.45) is 6.42. The first-order valence-corrected chi connectivity index (χ1v) is 2.93. The van der Waals surface area contributed by atoms with Crippen LogP contribution >= 0.6 is 0 Å². The number of hydrogen-bond acceptors (Lipinski definition) is 1. The summed E-state index contributed by atoms with van der Waals surface area (Å²) >= 11 is 0. The molecule has 0 amide bonds. The van der Waals surface area contributed by atoms with E-state index < -0.39 is 0 Å². The molecule has 0 atom stereocenters. The van der Waals surface area contributed by atoms with E-state index in [4.69, 9.17) is 0 Å². The summed E-state index contributed by atoms with van der Waals surface area (Å²) in [6, 6.07) is 0. The fraction of sp³-hybridized carbons (Fsp3) is 0.667. The van der Waals surface area contributed by atoms with Gasteiger partial charge in [-0.05, 0) is 12.8 Å². The van der Waals surface area contributed by atoms with Crippen molar-refractivity contribution in [3.8, 4) is 0 Å². The zero-order valence-corrected chi connectivity index (χ0v) is 4.28. The van der Waals surface area contributed by atoms with Gasteiger partial charge in [-0.2, -0.15) is 0 Å². The van der Waals surface area contributed by atoms with Gasteiger partial charge in [0.1, 0.15) is 0 Å². The van der Waals surface area contributed by atoms with Crippen molar-refractivity contribution in [1.29, 1.82) is 0 Å². The minimum Gasteiger partial charge on any atom is -0.362 e. The number of hydrogen-bond donors (Lipinski definition) is 1. The molecule has 0 radical (unpaired) electrons. The molecule has 0 bridgehead atoms. The van der Waals surface area contributed by atoms with Crippen LogP contribution in [0.4, 0.5) is 0 Å². The molecule has 7 heavy (non-hydrogen) atoms. The molecule has 1 aliphatic carbocycles. The van der Waals surface area contributed by atoms with Gasteiger partial charge in [-0.3, -0.25) is 0 Å². The van der Waals surface area contributed by atoms with Gasteiger partial charge < -0.3 is 5.32 Å². The van der Waals surface area contributed by atoms with Crippen molar-refractivity contribution in [3.63, 3.8) is 0 Å². The van der Waals surface area contributed by atoms with Gasteiger partial charge in [-0.1, -0.05) is 6.42 Å². The average molecular weight is 95.1 g/mol. The van der Waals surface area contributed by atoms with E-state index in [-0.39, 0.29) is 0 Å². The van der Waals surface area contributed by atoms with Crippen LogP contribution in [0.1, 0.15) is 19.3 Å². The molecular formula is C6H9N. The van der Waals surface area contributed by atoms with Crippen LogP contribution in [0.5, 0.6) is 0 Å². The van der Waals surface area contributed by atoms with Crippen LogP contribution in [0.25, 0.3) is 0 Å². The van der Waals surface area contributed by atoms with E-state index in [0.717, 1.165) is 5.92 Å². The average Bonchev–Trinajstić information content (AvgIpc) is 2.10. The lowest BCUT2D eigenvalue weighted by Crippen LogP contribution is -2.11. The van der Waals surface area contributed by atoms with Crippen LogP contribution in [0.15, 0.2) is 11.9 Å². The van der Waals surface area contributed by atoms with E-state index >= 15 is 0 Å². The van der Waals surface area contributed by atoms with Gasteiger partial charge in [0.2, 0.25) is 0 Å². The van der Waals surface area contributed by atoms with Crippen LogP contribution in [-0.2, 0) is 0 Å². The SMILES string of the molecule is C1=C(C2CCC2)N1. The number of rotatable bonds is 1. The van der Waals surface area contributed by atoms with E-state index in [1.807, 2.05) is 0 Å². The molecule has 1 heteroatoms. The molecular weight excluding hydrogens is 86.1 g/mol. The zero-order chi connectivity index (χ0) is 4.69. The predicted molar refractivity (Wildman–Crippen MR) is 28.6 cm³/mol. The highest BCUT2D eigenvalue weighted by Crippen LogP contribution is 2.34. The van der Waals surface area contributed by atoms with Crippen LogP contribution in [-0.4, -0.2) is 0 Å². The third-order valence-electron chi connectivity index (χ3n) is 1.86. The number of allylic oxidation sites excluding steroid dienone is 1. The minimum atomic E-state index is 0.944. The third-order valence-corrected chi connectivity index (χ3v) is 1.86. The molecule has 1 aliphatic heterocycles. The Morgan fingerprint density at radius 3 is 2.43 bits per heavy atom. The molecule has 0 unspecified atom stereocenters. The molecule has 0 aromatic heterocycles. The van der Waals surface area contributed by atoms with Crippen LogP contribution in [0, 0.1) is 5.92 Å². The van der Waals surface area contributed by atoms with Crippen molar-refractivity contribution < 1.29 is 0 Å². The Hall–Kier alpha value is -0.460. The highest BCUT2D eigenvalue weighted by atomic mass is 15.0. The van der Waals surface area contributed by atoms with E-state index in [1.165, 1.54) is 25.0 Å². The monoisotopic (exact) mass is 95.1 g/mol. The Morgan fingerprint density at radius 2 is 2.29 bits per heavy atom. The van der Waals surface area contributed by atoms with Crippen molar-refractivity contribution in [3.05, 3.63) is 11.9 Å². The predicted octanol–water partition coefficient (Wildman–Crippen LogP) is 1.23. The normalized spacial score (nSPS) is 27.7. The van der Waals surface area contributed by atoms with Crippen molar-refractivity contribution in [1.82, 2.24) is 5.32 Å². The molecule has 1 N–H and O–H groups in total. The summed E-state index contributed by atoms with van der Waals surface area (Å²) in [5.74, 6) is 0.944. The molecule has 0 aromatic rings. The molecule has 0 saturated heterocycles. The molecule has 2 rings (SSSR count). The Labute approximate surface area is 43.4 Å². The smallest absolute Gasteiger partial charge is 0.0341 e. The first-order chi connectivity index (χ1) is 3.47. The van der Waals surface area contributed by atoms with Gasteiger partial charge in [-0.15, -0.1) is 0 Å². The Morgan fingerprint density at radius 1 is 1.57 bits per heavy atom. The van der Waals surface area contributed by atoms with Crippen molar-refractivity contribution in [2.75, 3.05) is 0 Å². The minimum absolute atomic E-state index is 0.944. The van der Waals surface area contributed by atoms with Gasteiger partial charge in [0.15, 0.2) is 0 Å². The summed E-state index contributed by atoms with van der Waals surface area (Å²) in [7, 11) is 0. The molecule has 1 saturated carbocycles. The van der Waals surface area contributed by atoms with Gasteiger partial charge in [0.05, 0.1) is 0 Å². The Kier molecular flexibility index (Phi) is 0.518. The summed E-state index contributed by atoms with van der Waals surface area (Å²) in [5.41, 5.74) is 1.51. The van der Waals surface area contributed by atoms with Crippen molar-refractivity contribution in [2.24, 2.45) is 5.92 Å². The second-order valence-corrected chi connectivity index (χ2v) is 2.37. The lowest BCUT2D eigenvalue weighted by atomic mass is 9.85. The second-order valence-electron chi connectivity index (χ2n) is 2.37. The molecule has 0 spiro atoms. The highest BCUT2D eigenvalue weighted by molar-refractivity contribution is 5.21. The van der Waals surface area contributed by atoms with Crippen LogP contribution in [0.2, 0.25) is 0 Å². The second kappa shape index (κ2) is 1.03. The Balaban J connectivity index is 1.95. The lowest BCUT2D eigenvalue weighted by Gasteiger charge is -2.21. The maximum absolute atomic E-state index is 3.13. The highest BCUT2D eigenvalue weighted by Gasteiger charge is 2.25.